The summed E-state index contributed by atoms with van der Waals surface area (Å²) in [6.07, 6.45) is 1.03. The van der Waals surface area contributed by atoms with Gasteiger partial charge in [0.05, 0.1) is 12.3 Å². The number of ether oxygens (including phenoxy) is 1. The van der Waals surface area contributed by atoms with Gasteiger partial charge in [-0.3, -0.25) is 0 Å². The smallest absolute Gasteiger partial charge is 0.142 e. The first kappa shape index (κ1) is 11.9. The van der Waals surface area contributed by atoms with Crippen LogP contribution in [-0.4, -0.2) is 31.6 Å². The molecule has 0 saturated heterocycles. The predicted molar refractivity (Wildman–Crippen MR) is 64.1 cm³/mol. The second kappa shape index (κ2) is 6.30. The predicted octanol–water partition coefficient (Wildman–Crippen LogP) is 1.99. The van der Waals surface area contributed by atoms with Crippen molar-refractivity contribution in [1.82, 2.24) is 4.90 Å². The van der Waals surface area contributed by atoms with E-state index in [1.807, 2.05) is 24.3 Å². The molecule has 0 fully saturated rings. The molecule has 0 aliphatic rings. The molecule has 0 aliphatic carbocycles. The van der Waals surface area contributed by atoms with Crippen LogP contribution in [0.25, 0.3) is 0 Å². The Balaban J connectivity index is 2.23. The summed E-state index contributed by atoms with van der Waals surface area (Å²) in [5.41, 5.74) is 6.46. The fourth-order valence-corrected chi connectivity index (χ4v) is 1.29. The Hall–Kier alpha value is -1.22. The molecule has 0 unspecified atom stereocenters. The molecular weight excluding hydrogens is 188 g/mol. The van der Waals surface area contributed by atoms with E-state index < -0.39 is 0 Å². The standard InChI is InChI=1S/C12H20N2O/c1-3-14(2)9-6-10-15-12-8-5-4-7-11(12)13/h4-5,7-8H,3,6,9-10,13H2,1-2H3. The van der Waals surface area contributed by atoms with Crippen LogP contribution in [0.1, 0.15) is 13.3 Å². The molecule has 3 heteroatoms. The van der Waals surface area contributed by atoms with Crippen LogP contribution in [0.4, 0.5) is 5.69 Å². The lowest BCUT2D eigenvalue weighted by molar-refractivity contribution is 0.269. The molecule has 0 heterocycles. The van der Waals surface area contributed by atoms with Gasteiger partial charge in [0.2, 0.25) is 0 Å². The summed E-state index contributed by atoms with van der Waals surface area (Å²) in [6.45, 7) is 5.01. The molecule has 3 nitrogen and oxygen atoms in total. The van der Waals surface area contributed by atoms with Gasteiger partial charge in [0.1, 0.15) is 5.75 Å². The van der Waals surface area contributed by atoms with Gasteiger partial charge in [-0.1, -0.05) is 19.1 Å². The second-order valence-electron chi connectivity index (χ2n) is 3.64. The molecule has 0 spiro atoms. The zero-order chi connectivity index (χ0) is 11.1. The van der Waals surface area contributed by atoms with Crippen LogP contribution in [0.2, 0.25) is 0 Å². The molecule has 0 aromatic heterocycles. The number of nitrogens with two attached hydrogens (primary N) is 1. The van der Waals surface area contributed by atoms with E-state index >= 15 is 0 Å². The molecule has 0 aliphatic heterocycles. The fraction of sp³-hybridized carbons (Fsp3) is 0.500. The van der Waals surface area contributed by atoms with Crippen molar-refractivity contribution in [2.24, 2.45) is 0 Å². The fourth-order valence-electron chi connectivity index (χ4n) is 1.29. The van der Waals surface area contributed by atoms with E-state index in [4.69, 9.17) is 10.5 Å². The third kappa shape index (κ3) is 4.21. The summed E-state index contributed by atoms with van der Waals surface area (Å²) in [4.78, 5) is 2.26. The highest BCUT2D eigenvalue weighted by atomic mass is 16.5. The highest BCUT2D eigenvalue weighted by molar-refractivity contribution is 5.51. The maximum Gasteiger partial charge on any atom is 0.142 e. The van der Waals surface area contributed by atoms with Gasteiger partial charge in [0, 0.05) is 6.54 Å². The molecule has 2 N–H and O–H groups in total. The van der Waals surface area contributed by atoms with Crippen molar-refractivity contribution in [1.29, 1.82) is 0 Å². The van der Waals surface area contributed by atoms with Crippen molar-refractivity contribution >= 4 is 5.69 Å². The van der Waals surface area contributed by atoms with Gasteiger partial charge in [-0.15, -0.1) is 0 Å². The maximum absolute atomic E-state index is 5.75. The third-order valence-corrected chi connectivity index (χ3v) is 2.40. The molecule has 0 bridgehead atoms. The second-order valence-corrected chi connectivity index (χ2v) is 3.64. The number of anilines is 1. The normalized spacial score (nSPS) is 10.6. The molecule has 1 aromatic carbocycles. The minimum Gasteiger partial charge on any atom is -0.491 e. The molecular formula is C12H20N2O. The van der Waals surface area contributed by atoms with Crippen LogP contribution in [0.5, 0.6) is 5.75 Å². The lowest BCUT2D eigenvalue weighted by Crippen LogP contribution is -2.20. The van der Waals surface area contributed by atoms with Gasteiger partial charge in [-0.05, 0) is 32.1 Å². The van der Waals surface area contributed by atoms with E-state index in [2.05, 4.69) is 18.9 Å². The zero-order valence-corrected chi connectivity index (χ0v) is 9.57. The van der Waals surface area contributed by atoms with Gasteiger partial charge in [0.15, 0.2) is 0 Å². The molecule has 15 heavy (non-hydrogen) atoms. The molecule has 0 atom stereocenters. The Morgan fingerprint density at radius 3 is 2.73 bits per heavy atom. The van der Waals surface area contributed by atoms with Gasteiger partial charge in [-0.2, -0.15) is 0 Å². The lowest BCUT2D eigenvalue weighted by atomic mass is 10.3. The molecule has 0 saturated carbocycles. The Labute approximate surface area is 91.8 Å². The average molecular weight is 208 g/mol. The van der Waals surface area contributed by atoms with Crippen LogP contribution < -0.4 is 10.5 Å². The minimum atomic E-state index is 0.710. The van der Waals surface area contributed by atoms with E-state index in [0.717, 1.165) is 31.9 Å². The molecule has 0 radical (unpaired) electrons. The van der Waals surface area contributed by atoms with E-state index in [-0.39, 0.29) is 0 Å². The topological polar surface area (TPSA) is 38.5 Å². The first-order valence-electron chi connectivity index (χ1n) is 5.40. The van der Waals surface area contributed by atoms with Crippen LogP contribution in [-0.2, 0) is 0 Å². The summed E-state index contributed by atoms with van der Waals surface area (Å²) in [5.74, 6) is 0.789. The van der Waals surface area contributed by atoms with E-state index in [9.17, 15) is 0 Å². The third-order valence-electron chi connectivity index (χ3n) is 2.40. The summed E-state index contributed by atoms with van der Waals surface area (Å²) in [7, 11) is 2.11. The van der Waals surface area contributed by atoms with Crippen LogP contribution in [0.3, 0.4) is 0 Å². The quantitative estimate of drug-likeness (QED) is 0.574. The monoisotopic (exact) mass is 208 g/mol. The van der Waals surface area contributed by atoms with Gasteiger partial charge >= 0.3 is 0 Å². The highest BCUT2D eigenvalue weighted by Crippen LogP contribution is 2.19. The van der Waals surface area contributed by atoms with Crippen molar-refractivity contribution in [2.75, 3.05) is 32.5 Å². The number of nitrogen functional groups attached to an aromatic ring is 1. The van der Waals surface area contributed by atoms with Gasteiger partial charge in [0.25, 0.3) is 0 Å². The average Bonchev–Trinajstić information content (AvgIpc) is 2.26. The number of hydrogen-bond donors (Lipinski definition) is 1. The van der Waals surface area contributed by atoms with Crippen LogP contribution in [0.15, 0.2) is 24.3 Å². The summed E-state index contributed by atoms with van der Waals surface area (Å²) >= 11 is 0. The minimum absolute atomic E-state index is 0.710. The lowest BCUT2D eigenvalue weighted by Gasteiger charge is -2.14. The number of hydrogen-bond acceptors (Lipinski definition) is 3. The number of nitrogens with zero attached hydrogens (tertiary/aromatic N) is 1. The Kier molecular flexibility index (Phi) is 4.98. The number of para-hydroxylation sites is 2. The Morgan fingerprint density at radius 2 is 2.07 bits per heavy atom. The van der Waals surface area contributed by atoms with Crippen LogP contribution >= 0.6 is 0 Å². The summed E-state index contributed by atoms with van der Waals surface area (Å²) in [6, 6.07) is 7.60. The van der Waals surface area contributed by atoms with E-state index in [1.54, 1.807) is 0 Å². The first-order chi connectivity index (χ1) is 7.24. The van der Waals surface area contributed by atoms with Crippen LogP contribution in [0, 0.1) is 0 Å². The molecule has 1 rings (SSSR count). The zero-order valence-electron chi connectivity index (χ0n) is 9.57. The first-order valence-corrected chi connectivity index (χ1v) is 5.40. The number of rotatable bonds is 6. The molecule has 1 aromatic rings. The van der Waals surface area contributed by atoms with E-state index in [1.165, 1.54) is 0 Å². The van der Waals surface area contributed by atoms with E-state index in [0.29, 0.717) is 5.69 Å². The Morgan fingerprint density at radius 1 is 1.33 bits per heavy atom. The molecule has 84 valence electrons. The SMILES string of the molecule is CCN(C)CCCOc1ccccc1N. The van der Waals surface area contributed by atoms with Crippen molar-refractivity contribution in [2.45, 2.75) is 13.3 Å². The molecule has 0 amide bonds. The van der Waals surface area contributed by atoms with Gasteiger partial charge in [-0.25, -0.2) is 0 Å². The largest absolute Gasteiger partial charge is 0.491 e. The van der Waals surface area contributed by atoms with Crippen molar-refractivity contribution in [3.05, 3.63) is 24.3 Å². The van der Waals surface area contributed by atoms with Crippen molar-refractivity contribution in [3.63, 3.8) is 0 Å². The maximum atomic E-state index is 5.75. The summed E-state index contributed by atoms with van der Waals surface area (Å²) < 4.78 is 5.58. The highest BCUT2D eigenvalue weighted by Gasteiger charge is 1.98. The number of benzene rings is 1. The van der Waals surface area contributed by atoms with Crippen molar-refractivity contribution in [3.8, 4) is 5.75 Å². The van der Waals surface area contributed by atoms with Gasteiger partial charge < -0.3 is 15.4 Å². The Bertz CT molecular complexity index is 289. The summed E-state index contributed by atoms with van der Waals surface area (Å²) in [5, 5.41) is 0. The van der Waals surface area contributed by atoms with Crippen molar-refractivity contribution < 1.29 is 4.74 Å².